The maximum Gasteiger partial charge on any atom is 0.101 e. The second-order valence-electron chi connectivity index (χ2n) is 12.5. The molecule has 0 radical (unpaired) electrons. The molecule has 1 rings (SSSR count). The summed E-state index contributed by atoms with van der Waals surface area (Å²) in [7, 11) is 0. The van der Waals surface area contributed by atoms with E-state index in [1.54, 1.807) is 0 Å². The fourth-order valence-electron chi connectivity index (χ4n) is 6.16. The first-order valence-corrected chi connectivity index (χ1v) is 18.0. The van der Waals surface area contributed by atoms with Crippen molar-refractivity contribution in [2.45, 2.75) is 207 Å². The minimum atomic E-state index is 0.641. The lowest BCUT2D eigenvalue weighted by molar-refractivity contribution is 0.136. The number of rotatable bonds is 30. The highest BCUT2D eigenvalue weighted by Crippen LogP contribution is 2.23. The summed E-state index contributed by atoms with van der Waals surface area (Å²) in [6.45, 7) is 9.44. The highest BCUT2D eigenvalue weighted by atomic mass is 15.4. The van der Waals surface area contributed by atoms with Crippen LogP contribution in [0.2, 0.25) is 0 Å². The van der Waals surface area contributed by atoms with E-state index in [1.165, 1.54) is 193 Å². The van der Waals surface area contributed by atoms with Crippen molar-refractivity contribution in [1.29, 1.82) is 0 Å². The highest BCUT2D eigenvalue weighted by Gasteiger charge is 2.24. The third-order valence-electron chi connectivity index (χ3n) is 8.82. The Morgan fingerprint density at radius 1 is 0.342 bits per heavy atom. The summed E-state index contributed by atoms with van der Waals surface area (Å²) >= 11 is 0. The van der Waals surface area contributed by atoms with Crippen LogP contribution < -0.4 is 0 Å². The van der Waals surface area contributed by atoms with Crippen molar-refractivity contribution >= 4 is 0 Å². The van der Waals surface area contributed by atoms with Gasteiger partial charge >= 0.3 is 0 Å². The zero-order valence-corrected chi connectivity index (χ0v) is 26.8. The van der Waals surface area contributed by atoms with E-state index in [2.05, 4.69) is 43.0 Å². The smallest absolute Gasteiger partial charge is 0.101 e. The number of hydrogen-bond donors (Lipinski definition) is 0. The Bertz CT molecular complexity index is 488. The van der Waals surface area contributed by atoms with Crippen molar-refractivity contribution in [3.8, 4) is 0 Å². The molecule has 0 saturated heterocycles. The van der Waals surface area contributed by atoms with E-state index in [4.69, 9.17) is 0 Å². The highest BCUT2D eigenvalue weighted by molar-refractivity contribution is 4.96. The molecule has 0 fully saturated rings. The summed E-state index contributed by atoms with van der Waals surface area (Å²) in [6.07, 6.45) is 45.6. The Balaban J connectivity index is 2.03. The van der Waals surface area contributed by atoms with Crippen molar-refractivity contribution in [1.82, 2.24) is 9.80 Å². The number of nitrogens with zero attached hydrogens (tertiary/aromatic N) is 2. The molecule has 38 heavy (non-hydrogen) atoms. The van der Waals surface area contributed by atoms with Gasteiger partial charge in [-0.1, -0.05) is 175 Å². The fourth-order valence-corrected chi connectivity index (χ4v) is 6.16. The van der Waals surface area contributed by atoms with Crippen molar-refractivity contribution in [2.75, 3.05) is 13.1 Å². The molecule has 0 aromatic rings. The third-order valence-corrected chi connectivity index (χ3v) is 8.82. The van der Waals surface area contributed by atoms with Gasteiger partial charge in [-0.25, -0.2) is 0 Å². The summed E-state index contributed by atoms with van der Waals surface area (Å²) in [5.74, 6) is 0. The van der Waals surface area contributed by atoms with Gasteiger partial charge in [0.2, 0.25) is 0 Å². The van der Waals surface area contributed by atoms with Gasteiger partial charge < -0.3 is 9.80 Å². The zero-order valence-electron chi connectivity index (χ0n) is 26.8. The largest absolute Gasteiger partial charge is 0.356 e. The van der Waals surface area contributed by atoms with E-state index in [9.17, 15) is 0 Å². The van der Waals surface area contributed by atoms with E-state index in [-0.39, 0.29) is 0 Å². The minimum Gasteiger partial charge on any atom is -0.356 e. The molecule has 2 heteroatoms. The second-order valence-corrected chi connectivity index (χ2v) is 12.5. The standard InChI is InChI=1S/C36H72N2/c1-4-7-10-12-14-16-17-18-19-20-21-22-23-25-27-29-31-36-37(32-9-6-3)34-35-38(36)33-30-28-26-24-15-13-11-8-5-2/h34-36H,4-33H2,1-3H3. The van der Waals surface area contributed by atoms with Crippen LogP contribution in [0, 0.1) is 0 Å². The molecule has 1 heterocycles. The van der Waals surface area contributed by atoms with Crippen LogP contribution in [-0.2, 0) is 0 Å². The SMILES string of the molecule is CCCCCCCCCCCCCCCCCCC1N(CCCC)C=CN1CCCCCCCCCCC. The molecule has 0 N–H and O–H groups in total. The molecule has 2 nitrogen and oxygen atoms in total. The van der Waals surface area contributed by atoms with Gasteiger partial charge in [0.05, 0.1) is 0 Å². The molecule has 1 aliphatic rings. The van der Waals surface area contributed by atoms with E-state index in [1.807, 2.05) is 0 Å². The van der Waals surface area contributed by atoms with Crippen LogP contribution >= 0.6 is 0 Å². The van der Waals surface area contributed by atoms with Crippen LogP contribution in [0.15, 0.2) is 12.4 Å². The van der Waals surface area contributed by atoms with Gasteiger partial charge in [0.15, 0.2) is 0 Å². The summed E-state index contributed by atoms with van der Waals surface area (Å²) in [5.41, 5.74) is 0. The fraction of sp³-hybridized carbons (Fsp3) is 0.944. The molecule has 1 unspecified atom stereocenters. The lowest BCUT2D eigenvalue weighted by atomic mass is 10.0. The molecule has 0 aliphatic carbocycles. The maximum absolute atomic E-state index is 2.68. The van der Waals surface area contributed by atoms with E-state index in [0.717, 1.165) is 0 Å². The molecule has 0 spiro atoms. The molecule has 1 atom stereocenters. The van der Waals surface area contributed by atoms with Crippen molar-refractivity contribution in [3.63, 3.8) is 0 Å². The molecular formula is C36H72N2. The monoisotopic (exact) mass is 533 g/mol. The maximum atomic E-state index is 2.68. The average Bonchev–Trinajstić information content (AvgIpc) is 3.31. The Morgan fingerprint density at radius 3 is 1.00 bits per heavy atom. The van der Waals surface area contributed by atoms with Crippen molar-refractivity contribution < 1.29 is 0 Å². The molecule has 0 saturated carbocycles. The van der Waals surface area contributed by atoms with E-state index >= 15 is 0 Å². The quantitative estimate of drug-likeness (QED) is 0.0848. The normalized spacial score (nSPS) is 15.3. The van der Waals surface area contributed by atoms with Gasteiger partial charge in [0, 0.05) is 25.5 Å². The van der Waals surface area contributed by atoms with Gasteiger partial charge in [-0.05, 0) is 25.7 Å². The average molecular weight is 533 g/mol. The molecule has 0 amide bonds. The minimum absolute atomic E-state index is 0.641. The second kappa shape index (κ2) is 27.9. The van der Waals surface area contributed by atoms with Gasteiger partial charge in [0.25, 0.3) is 0 Å². The first kappa shape index (κ1) is 35.4. The summed E-state index contributed by atoms with van der Waals surface area (Å²) in [6, 6.07) is 0. The van der Waals surface area contributed by atoms with Crippen LogP contribution in [-0.4, -0.2) is 29.1 Å². The lowest BCUT2D eigenvalue weighted by Gasteiger charge is -2.33. The van der Waals surface area contributed by atoms with Gasteiger partial charge in [-0.3, -0.25) is 0 Å². The molecule has 0 aromatic carbocycles. The Hall–Kier alpha value is -0.660. The lowest BCUT2D eigenvalue weighted by Crippen LogP contribution is -2.39. The van der Waals surface area contributed by atoms with Crippen LogP contribution in [0.3, 0.4) is 0 Å². The topological polar surface area (TPSA) is 6.48 Å². The summed E-state index contributed by atoms with van der Waals surface area (Å²) in [4.78, 5) is 5.34. The van der Waals surface area contributed by atoms with Gasteiger partial charge in [-0.15, -0.1) is 0 Å². The third kappa shape index (κ3) is 20.3. The van der Waals surface area contributed by atoms with E-state index in [0.29, 0.717) is 6.17 Å². The molecule has 0 bridgehead atoms. The van der Waals surface area contributed by atoms with Crippen molar-refractivity contribution in [2.24, 2.45) is 0 Å². The molecule has 1 aliphatic heterocycles. The van der Waals surface area contributed by atoms with Crippen LogP contribution in [0.5, 0.6) is 0 Å². The first-order chi connectivity index (χ1) is 18.8. The van der Waals surface area contributed by atoms with Crippen molar-refractivity contribution in [3.05, 3.63) is 12.4 Å². The predicted molar refractivity (Wildman–Crippen MR) is 173 cm³/mol. The van der Waals surface area contributed by atoms with Gasteiger partial charge in [-0.2, -0.15) is 0 Å². The zero-order chi connectivity index (χ0) is 27.4. The number of unbranched alkanes of at least 4 members (excludes halogenated alkanes) is 24. The van der Waals surface area contributed by atoms with Crippen LogP contribution in [0.4, 0.5) is 0 Å². The first-order valence-electron chi connectivity index (χ1n) is 18.0. The predicted octanol–water partition coefficient (Wildman–Crippen LogP) is 12.4. The Labute approximate surface area is 241 Å². The molecule has 0 aromatic heterocycles. The molecule has 226 valence electrons. The van der Waals surface area contributed by atoms with E-state index < -0.39 is 0 Å². The Kier molecular flexibility index (Phi) is 26.0. The number of hydrogen-bond acceptors (Lipinski definition) is 2. The summed E-state index contributed by atoms with van der Waals surface area (Å²) in [5, 5.41) is 0. The summed E-state index contributed by atoms with van der Waals surface area (Å²) < 4.78 is 0. The van der Waals surface area contributed by atoms with Crippen LogP contribution in [0.25, 0.3) is 0 Å². The molecular weight excluding hydrogens is 460 g/mol. The Morgan fingerprint density at radius 2 is 0.632 bits per heavy atom. The van der Waals surface area contributed by atoms with Gasteiger partial charge in [0.1, 0.15) is 6.17 Å². The van der Waals surface area contributed by atoms with Crippen LogP contribution in [0.1, 0.15) is 201 Å².